The fourth-order valence-corrected chi connectivity index (χ4v) is 6.12. The topological polar surface area (TPSA) is 122 Å². The van der Waals surface area contributed by atoms with Crippen LogP contribution in [0.2, 0.25) is 0 Å². The number of aliphatic hydroxyl groups is 1. The fourth-order valence-electron chi connectivity index (χ4n) is 5.51. The van der Waals surface area contributed by atoms with Gasteiger partial charge in [-0.1, -0.05) is 48.5 Å². The van der Waals surface area contributed by atoms with E-state index < -0.39 is 35.9 Å². The van der Waals surface area contributed by atoms with Crippen molar-refractivity contribution in [2.75, 3.05) is 33.5 Å². The number of β-amino-alcohol motifs (C(OH)–C–C–N with tert-alkyl or cyclic N) is 1. The molecule has 10 heteroatoms. The van der Waals surface area contributed by atoms with Crippen molar-refractivity contribution >= 4 is 46.0 Å². The summed E-state index contributed by atoms with van der Waals surface area (Å²) in [5.41, 5.74) is 1.76. The second kappa shape index (κ2) is 19.6. The van der Waals surface area contributed by atoms with Crippen LogP contribution >= 0.6 is 22.6 Å². The van der Waals surface area contributed by atoms with E-state index >= 15 is 0 Å². The summed E-state index contributed by atoms with van der Waals surface area (Å²) in [6.45, 7) is 4.98. The van der Waals surface area contributed by atoms with Gasteiger partial charge in [0, 0.05) is 61.9 Å². The van der Waals surface area contributed by atoms with Crippen molar-refractivity contribution in [3.8, 4) is 0 Å². The van der Waals surface area contributed by atoms with Crippen molar-refractivity contribution in [2.45, 2.75) is 69.6 Å². The SMILES string of the molecule is C=CCCC(=O)C[C@@H](Cc1ccccc1)C(=O)N[C@@H](Cc1cccc(I)c1)C(=O)N1C[C@H](O)C[C@H]1C(=O)CCCOCCOC. The summed E-state index contributed by atoms with van der Waals surface area (Å²) in [5, 5.41) is 13.5. The first-order chi connectivity index (χ1) is 21.7. The normalized spacial score (nSPS) is 17.4. The number of nitrogens with zero attached hydrogens (tertiary/aromatic N) is 1. The maximum absolute atomic E-state index is 14.2. The minimum Gasteiger partial charge on any atom is -0.391 e. The van der Waals surface area contributed by atoms with Crippen LogP contribution in [0.3, 0.4) is 0 Å². The Kier molecular flexibility index (Phi) is 15.9. The molecule has 0 radical (unpaired) electrons. The number of methoxy groups -OCH3 is 1. The molecule has 45 heavy (non-hydrogen) atoms. The molecule has 3 rings (SSSR count). The molecule has 1 heterocycles. The van der Waals surface area contributed by atoms with E-state index in [1.165, 1.54) is 4.90 Å². The molecule has 0 bridgehead atoms. The average molecular weight is 733 g/mol. The molecule has 2 aromatic rings. The highest BCUT2D eigenvalue weighted by molar-refractivity contribution is 14.1. The van der Waals surface area contributed by atoms with Gasteiger partial charge in [-0.05, 0) is 65.1 Å². The van der Waals surface area contributed by atoms with E-state index in [1.807, 2.05) is 54.6 Å². The molecule has 0 saturated carbocycles. The molecule has 2 aromatic carbocycles. The van der Waals surface area contributed by atoms with Gasteiger partial charge in [-0.15, -0.1) is 6.58 Å². The number of rotatable bonds is 20. The van der Waals surface area contributed by atoms with Crippen LogP contribution in [0, 0.1) is 9.49 Å². The number of aliphatic hydroxyl groups excluding tert-OH is 1. The van der Waals surface area contributed by atoms with Gasteiger partial charge < -0.3 is 24.8 Å². The lowest BCUT2D eigenvalue weighted by Crippen LogP contribution is -2.54. The molecule has 0 aromatic heterocycles. The minimum absolute atomic E-state index is 0.00571. The zero-order chi connectivity index (χ0) is 32.6. The Hall–Kier alpha value is -2.93. The van der Waals surface area contributed by atoms with Crippen molar-refractivity contribution in [3.05, 3.63) is 81.9 Å². The summed E-state index contributed by atoms with van der Waals surface area (Å²) in [5.74, 6) is -1.71. The number of hydrogen-bond acceptors (Lipinski definition) is 7. The summed E-state index contributed by atoms with van der Waals surface area (Å²) in [6.07, 6.45) is 3.06. The predicted octanol–water partition coefficient (Wildman–Crippen LogP) is 4.08. The highest BCUT2D eigenvalue weighted by atomic mass is 127. The molecule has 244 valence electrons. The minimum atomic E-state index is -0.991. The van der Waals surface area contributed by atoms with Gasteiger partial charge in [0.05, 0.1) is 25.4 Å². The van der Waals surface area contributed by atoms with Crippen LogP contribution in [0.4, 0.5) is 0 Å². The number of hydrogen-bond donors (Lipinski definition) is 2. The van der Waals surface area contributed by atoms with Crippen molar-refractivity contribution in [3.63, 3.8) is 0 Å². The maximum Gasteiger partial charge on any atom is 0.246 e. The van der Waals surface area contributed by atoms with Crippen LogP contribution < -0.4 is 5.32 Å². The summed E-state index contributed by atoms with van der Waals surface area (Å²) >= 11 is 2.20. The molecule has 0 aliphatic carbocycles. The van der Waals surface area contributed by atoms with Gasteiger partial charge in [0.25, 0.3) is 0 Å². The number of likely N-dealkylation sites (tertiary alicyclic amines) is 1. The first kappa shape index (κ1) is 36.5. The molecule has 4 atom stereocenters. The Morgan fingerprint density at radius 3 is 2.51 bits per heavy atom. The third kappa shape index (κ3) is 12.4. The van der Waals surface area contributed by atoms with E-state index in [4.69, 9.17) is 9.47 Å². The van der Waals surface area contributed by atoms with Gasteiger partial charge in [0.15, 0.2) is 5.78 Å². The summed E-state index contributed by atoms with van der Waals surface area (Å²) in [4.78, 5) is 55.5. The standard InChI is InChI=1S/C35H45IN2O7/c1-3-4-14-29(39)22-27(19-25-10-6-5-7-11-25)34(42)37-31(21-26-12-8-13-28(36)20-26)35(43)38-24-30(40)23-32(38)33(41)15-9-16-45-18-17-44-2/h3,5-8,10-13,20,27,30-32,40H,1,4,9,14-19,21-24H2,2H3,(H,37,42)/t27-,30-,31+,32+/m1/s1. The molecule has 1 aliphatic rings. The summed E-state index contributed by atoms with van der Waals surface area (Å²) in [6, 6.07) is 15.4. The summed E-state index contributed by atoms with van der Waals surface area (Å²) in [7, 11) is 1.59. The second-order valence-electron chi connectivity index (χ2n) is 11.4. The van der Waals surface area contributed by atoms with E-state index in [-0.39, 0.29) is 43.8 Å². The van der Waals surface area contributed by atoms with Crippen molar-refractivity contribution in [1.29, 1.82) is 0 Å². The van der Waals surface area contributed by atoms with E-state index in [0.29, 0.717) is 45.5 Å². The Morgan fingerprint density at radius 1 is 1.04 bits per heavy atom. The lowest BCUT2D eigenvalue weighted by molar-refractivity contribution is -0.141. The van der Waals surface area contributed by atoms with Crippen LogP contribution in [-0.4, -0.2) is 85.1 Å². The third-order valence-corrected chi connectivity index (χ3v) is 8.49. The van der Waals surface area contributed by atoms with Crippen molar-refractivity contribution in [1.82, 2.24) is 10.2 Å². The monoisotopic (exact) mass is 732 g/mol. The van der Waals surface area contributed by atoms with Crippen molar-refractivity contribution < 1.29 is 33.8 Å². The van der Waals surface area contributed by atoms with Gasteiger partial charge in [0.1, 0.15) is 11.8 Å². The molecule has 0 unspecified atom stereocenters. The molecule has 2 N–H and O–H groups in total. The fraction of sp³-hybridized carbons (Fsp3) is 0.486. The maximum atomic E-state index is 14.2. The summed E-state index contributed by atoms with van der Waals surface area (Å²) < 4.78 is 11.4. The van der Waals surface area contributed by atoms with Gasteiger partial charge in [-0.3, -0.25) is 19.2 Å². The largest absolute Gasteiger partial charge is 0.391 e. The molecule has 1 aliphatic heterocycles. The lowest BCUT2D eigenvalue weighted by Gasteiger charge is -2.30. The molecule has 9 nitrogen and oxygen atoms in total. The Labute approximate surface area is 279 Å². The third-order valence-electron chi connectivity index (χ3n) is 7.82. The molecular formula is C35H45IN2O7. The lowest BCUT2D eigenvalue weighted by atomic mass is 9.91. The highest BCUT2D eigenvalue weighted by Crippen LogP contribution is 2.23. The van der Waals surface area contributed by atoms with Crippen molar-refractivity contribution in [2.24, 2.45) is 5.92 Å². The van der Waals surface area contributed by atoms with Crippen LogP contribution in [0.25, 0.3) is 0 Å². The number of allylic oxidation sites excluding steroid dienone is 1. The number of benzene rings is 2. The number of ketones is 2. The number of ether oxygens (including phenoxy) is 2. The van der Waals surface area contributed by atoms with Gasteiger partial charge in [-0.2, -0.15) is 0 Å². The Balaban J connectivity index is 1.81. The van der Waals surface area contributed by atoms with Gasteiger partial charge in [0.2, 0.25) is 11.8 Å². The van der Waals surface area contributed by atoms with E-state index in [2.05, 4.69) is 34.5 Å². The average Bonchev–Trinajstić information content (AvgIpc) is 3.42. The Morgan fingerprint density at radius 2 is 1.80 bits per heavy atom. The molecular weight excluding hydrogens is 687 g/mol. The Bertz CT molecular complexity index is 1270. The predicted molar refractivity (Wildman–Crippen MR) is 181 cm³/mol. The molecule has 0 spiro atoms. The molecule has 1 fully saturated rings. The van der Waals surface area contributed by atoms with E-state index in [0.717, 1.165) is 14.7 Å². The molecule has 2 amide bonds. The van der Waals surface area contributed by atoms with Crippen LogP contribution in [0.5, 0.6) is 0 Å². The number of Topliss-reactive ketones (excluding diaryl/α,β-unsaturated/α-hetero) is 2. The van der Waals surface area contributed by atoms with Crippen LogP contribution in [0.15, 0.2) is 67.3 Å². The number of carbonyl (C=O) groups is 4. The van der Waals surface area contributed by atoms with Gasteiger partial charge in [-0.25, -0.2) is 0 Å². The number of nitrogens with one attached hydrogen (secondary N) is 1. The highest BCUT2D eigenvalue weighted by Gasteiger charge is 2.41. The van der Waals surface area contributed by atoms with E-state index in [9.17, 15) is 24.3 Å². The van der Waals surface area contributed by atoms with Crippen LogP contribution in [0.1, 0.15) is 49.7 Å². The molecule has 1 saturated heterocycles. The zero-order valence-electron chi connectivity index (χ0n) is 26.0. The number of carbonyl (C=O) groups excluding carboxylic acids is 4. The second-order valence-corrected chi connectivity index (χ2v) is 12.7. The van der Waals surface area contributed by atoms with Gasteiger partial charge >= 0.3 is 0 Å². The first-order valence-corrected chi connectivity index (χ1v) is 16.6. The number of amides is 2. The first-order valence-electron chi connectivity index (χ1n) is 15.5. The smallest absolute Gasteiger partial charge is 0.246 e. The van der Waals surface area contributed by atoms with E-state index in [1.54, 1.807) is 13.2 Å². The number of halogens is 1. The quantitative estimate of drug-likeness (QED) is 0.120. The zero-order valence-corrected chi connectivity index (χ0v) is 28.2. The van der Waals surface area contributed by atoms with Crippen LogP contribution in [-0.2, 0) is 41.5 Å².